The molecule has 4 rings (SSSR count). The lowest BCUT2D eigenvalue weighted by Gasteiger charge is -2.55. The Morgan fingerprint density at radius 3 is 2.47 bits per heavy atom. The van der Waals surface area contributed by atoms with Crippen LogP contribution in [0.15, 0.2) is 60.7 Å². The van der Waals surface area contributed by atoms with Crippen molar-refractivity contribution in [3.8, 4) is 12.3 Å². The fourth-order valence-corrected chi connectivity index (χ4v) is 5.64. The van der Waals surface area contributed by atoms with Gasteiger partial charge in [-0.05, 0) is 35.5 Å². The van der Waals surface area contributed by atoms with Crippen molar-refractivity contribution < 1.29 is 14.4 Å². The number of thioether (sulfide) groups is 1. The smallest absolute Gasteiger partial charge is 0.334 e. The molecule has 2 aliphatic rings. The lowest BCUT2D eigenvalue weighted by atomic mass is 9.98. The van der Waals surface area contributed by atoms with Gasteiger partial charge in [0.1, 0.15) is 12.2 Å². The molecule has 38 heavy (non-hydrogen) atoms. The highest BCUT2D eigenvalue weighted by molar-refractivity contribution is 7.98. The lowest BCUT2D eigenvalue weighted by Crippen LogP contribution is -2.76. The molecule has 2 aliphatic heterocycles. The van der Waals surface area contributed by atoms with E-state index in [1.54, 1.807) is 26.7 Å². The third-order valence-corrected chi connectivity index (χ3v) is 7.70. The molecule has 0 aliphatic carbocycles. The largest absolute Gasteiger partial charge is 0.336 e. The molecular formula is C29H35N5O3S. The van der Waals surface area contributed by atoms with Crippen LogP contribution in [0.3, 0.4) is 0 Å². The highest BCUT2D eigenvalue weighted by Gasteiger charge is 2.51. The molecule has 0 spiro atoms. The van der Waals surface area contributed by atoms with E-state index in [4.69, 9.17) is 6.42 Å². The van der Waals surface area contributed by atoms with Gasteiger partial charge in [0.2, 0.25) is 11.8 Å². The van der Waals surface area contributed by atoms with Crippen molar-refractivity contribution in [3.05, 3.63) is 71.8 Å². The number of hydrogen-bond donors (Lipinski definition) is 1. The Kier molecular flexibility index (Phi) is 9.32. The zero-order chi connectivity index (χ0) is 27.1. The highest BCUT2D eigenvalue weighted by atomic mass is 32.2. The topological polar surface area (TPSA) is 76.2 Å². The predicted octanol–water partition coefficient (Wildman–Crippen LogP) is 2.98. The summed E-state index contributed by atoms with van der Waals surface area (Å²) in [6.45, 7) is 3.20. The van der Waals surface area contributed by atoms with E-state index in [9.17, 15) is 14.4 Å². The predicted molar refractivity (Wildman–Crippen MR) is 150 cm³/mol. The minimum Gasteiger partial charge on any atom is -0.336 e. The number of carbonyl (C=O) groups excluding carboxylic acids is 3. The molecule has 3 atom stereocenters. The standard InChI is InChI=1S/C29H35N5O3S/c1-4-16-32-21-27(35)33-25(15-17-38-3)28(36)31(19-22(2)24-13-9-6-10-14-24)20-26(33)34(32)29(37)30-18-23-11-7-5-8-12-23/h1,5-14,22,25-26H,15-21H2,2-3H3,(H,30,37)/t22?,25-,26-/m0/s1. The SMILES string of the molecule is C#CCN1CC(=O)N2[C@@H](CCSC)C(=O)N(CC(C)c3ccccc3)C[C@@H]2N1C(=O)NCc1ccccc1. The normalized spacial score (nSPS) is 20.6. The molecule has 2 heterocycles. The molecule has 1 unspecified atom stereocenters. The van der Waals surface area contributed by atoms with Gasteiger partial charge in [-0.1, -0.05) is 73.5 Å². The lowest BCUT2D eigenvalue weighted by molar-refractivity contribution is -0.189. The first-order valence-corrected chi connectivity index (χ1v) is 14.3. The Morgan fingerprint density at radius 2 is 1.82 bits per heavy atom. The van der Waals surface area contributed by atoms with Crippen LogP contribution in [0.25, 0.3) is 0 Å². The summed E-state index contributed by atoms with van der Waals surface area (Å²) in [6, 6.07) is 18.7. The molecule has 2 saturated heterocycles. The second-order valence-corrected chi connectivity index (χ2v) is 10.6. The quantitative estimate of drug-likeness (QED) is 0.502. The summed E-state index contributed by atoms with van der Waals surface area (Å²) in [7, 11) is 0. The van der Waals surface area contributed by atoms with Crippen molar-refractivity contribution >= 4 is 29.6 Å². The van der Waals surface area contributed by atoms with Gasteiger partial charge in [-0.15, -0.1) is 6.42 Å². The fourth-order valence-electron chi connectivity index (χ4n) is 5.18. The number of fused-ring (bicyclic) bond motifs is 1. The minimum atomic E-state index is -0.645. The summed E-state index contributed by atoms with van der Waals surface area (Å²) in [6.07, 6.45) is 7.49. The number of carbonyl (C=O) groups is 3. The summed E-state index contributed by atoms with van der Waals surface area (Å²) in [4.78, 5) is 44.2. The molecule has 2 aromatic carbocycles. The van der Waals surface area contributed by atoms with Gasteiger partial charge in [-0.25, -0.2) is 9.80 Å². The number of hydrogen-bond acceptors (Lipinski definition) is 5. The summed E-state index contributed by atoms with van der Waals surface area (Å²) >= 11 is 1.63. The van der Waals surface area contributed by atoms with E-state index >= 15 is 0 Å². The number of nitrogens with one attached hydrogen (secondary N) is 1. The van der Waals surface area contributed by atoms with Crippen molar-refractivity contribution in [2.75, 3.05) is 38.2 Å². The van der Waals surface area contributed by atoms with Crippen LogP contribution in [0, 0.1) is 12.3 Å². The molecule has 4 amide bonds. The van der Waals surface area contributed by atoms with Crippen molar-refractivity contribution in [1.82, 2.24) is 25.1 Å². The summed E-state index contributed by atoms with van der Waals surface area (Å²) in [5, 5.41) is 6.16. The second kappa shape index (κ2) is 12.9. The van der Waals surface area contributed by atoms with Gasteiger partial charge in [0.15, 0.2) is 0 Å². The summed E-state index contributed by atoms with van der Waals surface area (Å²) < 4.78 is 0. The Labute approximate surface area is 229 Å². The van der Waals surface area contributed by atoms with Gasteiger partial charge in [0, 0.05) is 13.1 Å². The molecule has 0 saturated carbocycles. The number of benzene rings is 2. The van der Waals surface area contributed by atoms with Crippen LogP contribution < -0.4 is 5.32 Å². The second-order valence-electron chi connectivity index (χ2n) is 9.65. The van der Waals surface area contributed by atoms with E-state index in [1.807, 2.05) is 59.7 Å². The van der Waals surface area contributed by atoms with Crippen LogP contribution >= 0.6 is 11.8 Å². The van der Waals surface area contributed by atoms with E-state index in [0.29, 0.717) is 19.5 Å². The third kappa shape index (κ3) is 6.14. The molecule has 8 nitrogen and oxygen atoms in total. The van der Waals surface area contributed by atoms with Crippen LogP contribution in [-0.4, -0.2) is 88.1 Å². The first-order valence-electron chi connectivity index (χ1n) is 12.9. The van der Waals surface area contributed by atoms with E-state index in [0.717, 1.165) is 16.9 Å². The summed E-state index contributed by atoms with van der Waals surface area (Å²) in [5.41, 5.74) is 2.10. The molecule has 0 aromatic heterocycles. The number of hydrazine groups is 1. The first-order chi connectivity index (χ1) is 18.4. The third-order valence-electron chi connectivity index (χ3n) is 7.06. The van der Waals surface area contributed by atoms with Gasteiger partial charge < -0.3 is 15.1 Å². The van der Waals surface area contributed by atoms with Crippen molar-refractivity contribution in [2.45, 2.75) is 38.0 Å². The Bertz CT molecular complexity index is 1160. The van der Waals surface area contributed by atoms with Crippen molar-refractivity contribution in [2.24, 2.45) is 0 Å². The molecule has 2 aromatic rings. The van der Waals surface area contributed by atoms with Gasteiger partial charge >= 0.3 is 6.03 Å². The Hall–Kier alpha value is -3.48. The van der Waals surface area contributed by atoms with E-state index < -0.39 is 12.2 Å². The Morgan fingerprint density at radius 1 is 1.13 bits per heavy atom. The van der Waals surface area contributed by atoms with Crippen LogP contribution in [-0.2, 0) is 16.1 Å². The molecule has 1 N–H and O–H groups in total. The maximum Gasteiger partial charge on any atom is 0.334 e. The highest BCUT2D eigenvalue weighted by Crippen LogP contribution is 2.30. The van der Waals surface area contributed by atoms with Crippen LogP contribution in [0.2, 0.25) is 0 Å². The van der Waals surface area contributed by atoms with Crippen LogP contribution in [0.5, 0.6) is 0 Å². The maximum atomic E-state index is 13.8. The number of terminal acetylenes is 1. The zero-order valence-corrected chi connectivity index (χ0v) is 22.8. The van der Waals surface area contributed by atoms with Gasteiger partial charge in [-0.3, -0.25) is 9.59 Å². The monoisotopic (exact) mass is 533 g/mol. The average molecular weight is 534 g/mol. The zero-order valence-electron chi connectivity index (χ0n) is 22.0. The fraction of sp³-hybridized carbons (Fsp3) is 0.414. The van der Waals surface area contributed by atoms with E-state index in [2.05, 4.69) is 30.3 Å². The van der Waals surface area contributed by atoms with Crippen LogP contribution in [0.4, 0.5) is 4.79 Å². The number of amides is 4. The minimum absolute atomic E-state index is 0.0527. The molecule has 0 radical (unpaired) electrons. The van der Waals surface area contributed by atoms with E-state index in [1.165, 1.54) is 0 Å². The van der Waals surface area contributed by atoms with Gasteiger partial charge in [-0.2, -0.15) is 16.8 Å². The number of rotatable bonds is 9. The molecular weight excluding hydrogens is 498 g/mol. The van der Waals surface area contributed by atoms with Crippen molar-refractivity contribution in [1.29, 1.82) is 0 Å². The van der Waals surface area contributed by atoms with Crippen LogP contribution in [0.1, 0.15) is 30.4 Å². The average Bonchev–Trinajstić information content (AvgIpc) is 2.93. The Balaban J connectivity index is 1.63. The van der Waals surface area contributed by atoms with E-state index in [-0.39, 0.29) is 43.4 Å². The summed E-state index contributed by atoms with van der Waals surface area (Å²) in [5.74, 6) is 3.14. The molecule has 9 heteroatoms. The molecule has 200 valence electrons. The van der Waals surface area contributed by atoms with Crippen molar-refractivity contribution in [3.63, 3.8) is 0 Å². The number of piperazine rings is 1. The molecule has 2 fully saturated rings. The number of urea groups is 1. The first kappa shape index (κ1) is 27.6. The number of nitrogens with zero attached hydrogens (tertiary/aromatic N) is 4. The van der Waals surface area contributed by atoms with Gasteiger partial charge in [0.25, 0.3) is 0 Å². The maximum absolute atomic E-state index is 13.8. The van der Waals surface area contributed by atoms with Gasteiger partial charge in [0.05, 0.1) is 19.6 Å². The molecule has 0 bridgehead atoms.